The van der Waals surface area contributed by atoms with Crippen molar-refractivity contribution in [2.75, 3.05) is 18.0 Å². The lowest BCUT2D eigenvalue weighted by Gasteiger charge is -2.32. The molecule has 1 aromatic carbocycles. The molecule has 4 heteroatoms. The van der Waals surface area contributed by atoms with Gasteiger partial charge in [0.2, 0.25) is 0 Å². The van der Waals surface area contributed by atoms with Gasteiger partial charge in [0.1, 0.15) is 0 Å². The SMILES string of the molecule is O=C(O)C1CCN(c2ccc3[nH]ccc3c2)CC1. The first kappa shape index (κ1) is 11.1. The van der Waals surface area contributed by atoms with Gasteiger partial charge < -0.3 is 15.0 Å². The fourth-order valence-electron chi connectivity index (χ4n) is 2.62. The van der Waals surface area contributed by atoms with Gasteiger partial charge in [-0.1, -0.05) is 0 Å². The summed E-state index contributed by atoms with van der Waals surface area (Å²) in [6, 6.07) is 8.39. The Bertz CT molecular complexity index is 568. The molecule has 1 aliphatic heterocycles. The van der Waals surface area contributed by atoms with Gasteiger partial charge >= 0.3 is 5.97 Å². The van der Waals surface area contributed by atoms with E-state index in [0.29, 0.717) is 0 Å². The summed E-state index contributed by atoms with van der Waals surface area (Å²) >= 11 is 0. The zero-order chi connectivity index (χ0) is 12.5. The number of benzene rings is 1. The summed E-state index contributed by atoms with van der Waals surface area (Å²) < 4.78 is 0. The molecule has 1 fully saturated rings. The lowest BCUT2D eigenvalue weighted by Crippen LogP contribution is -2.36. The van der Waals surface area contributed by atoms with Gasteiger partial charge in [0.05, 0.1) is 5.92 Å². The maximum absolute atomic E-state index is 10.9. The molecule has 94 valence electrons. The van der Waals surface area contributed by atoms with Crippen molar-refractivity contribution in [3.63, 3.8) is 0 Å². The summed E-state index contributed by atoms with van der Waals surface area (Å²) in [5.41, 5.74) is 2.32. The van der Waals surface area contributed by atoms with Crippen molar-refractivity contribution in [1.82, 2.24) is 4.98 Å². The molecule has 4 nitrogen and oxygen atoms in total. The number of hydrogen-bond donors (Lipinski definition) is 2. The molecule has 2 aromatic rings. The third-order valence-corrected chi connectivity index (χ3v) is 3.75. The van der Waals surface area contributed by atoms with Crippen LogP contribution in [0.25, 0.3) is 10.9 Å². The highest BCUT2D eigenvalue weighted by Crippen LogP contribution is 2.26. The smallest absolute Gasteiger partial charge is 0.306 e. The van der Waals surface area contributed by atoms with Crippen molar-refractivity contribution in [2.45, 2.75) is 12.8 Å². The molecule has 0 unspecified atom stereocenters. The highest BCUT2D eigenvalue weighted by molar-refractivity contribution is 5.83. The van der Waals surface area contributed by atoms with E-state index in [2.05, 4.69) is 34.1 Å². The molecule has 2 heterocycles. The first-order valence-electron chi connectivity index (χ1n) is 6.29. The van der Waals surface area contributed by atoms with Crippen LogP contribution in [-0.4, -0.2) is 29.1 Å². The van der Waals surface area contributed by atoms with Gasteiger partial charge in [0.25, 0.3) is 0 Å². The number of hydrogen-bond acceptors (Lipinski definition) is 2. The Kier molecular flexibility index (Phi) is 2.70. The summed E-state index contributed by atoms with van der Waals surface area (Å²) in [6.07, 6.45) is 3.41. The largest absolute Gasteiger partial charge is 0.481 e. The topological polar surface area (TPSA) is 56.3 Å². The molecule has 1 aromatic heterocycles. The number of aromatic amines is 1. The van der Waals surface area contributed by atoms with Crippen LogP contribution in [0.15, 0.2) is 30.5 Å². The minimum Gasteiger partial charge on any atom is -0.481 e. The number of piperidine rings is 1. The van der Waals surface area contributed by atoms with E-state index in [0.717, 1.165) is 31.4 Å². The Labute approximate surface area is 105 Å². The number of aliphatic carboxylic acids is 1. The molecule has 0 aliphatic carbocycles. The van der Waals surface area contributed by atoms with Crippen LogP contribution >= 0.6 is 0 Å². The lowest BCUT2D eigenvalue weighted by molar-refractivity contribution is -0.142. The number of rotatable bonds is 2. The van der Waals surface area contributed by atoms with Crippen LogP contribution in [0.4, 0.5) is 5.69 Å². The van der Waals surface area contributed by atoms with E-state index in [4.69, 9.17) is 5.11 Å². The number of nitrogens with one attached hydrogen (secondary N) is 1. The highest BCUT2D eigenvalue weighted by Gasteiger charge is 2.24. The Morgan fingerprint density at radius 3 is 2.78 bits per heavy atom. The van der Waals surface area contributed by atoms with E-state index < -0.39 is 5.97 Å². The highest BCUT2D eigenvalue weighted by atomic mass is 16.4. The second kappa shape index (κ2) is 4.37. The molecule has 1 saturated heterocycles. The van der Waals surface area contributed by atoms with Crippen molar-refractivity contribution in [2.24, 2.45) is 5.92 Å². The Morgan fingerprint density at radius 1 is 1.28 bits per heavy atom. The Morgan fingerprint density at radius 2 is 2.06 bits per heavy atom. The third kappa shape index (κ3) is 1.94. The predicted molar refractivity (Wildman–Crippen MR) is 70.9 cm³/mol. The van der Waals surface area contributed by atoms with E-state index in [-0.39, 0.29) is 5.92 Å². The Hall–Kier alpha value is -1.97. The first-order valence-corrected chi connectivity index (χ1v) is 6.29. The van der Waals surface area contributed by atoms with E-state index in [9.17, 15) is 4.79 Å². The monoisotopic (exact) mass is 244 g/mol. The van der Waals surface area contributed by atoms with Gasteiger partial charge in [-0.05, 0) is 37.1 Å². The second-order valence-electron chi connectivity index (χ2n) is 4.85. The molecule has 0 atom stereocenters. The predicted octanol–water partition coefficient (Wildman–Crippen LogP) is 2.47. The summed E-state index contributed by atoms with van der Waals surface area (Å²) in [5.74, 6) is -0.826. The number of nitrogens with zero attached hydrogens (tertiary/aromatic N) is 1. The van der Waals surface area contributed by atoms with Crippen LogP contribution in [-0.2, 0) is 4.79 Å². The maximum Gasteiger partial charge on any atom is 0.306 e. The fraction of sp³-hybridized carbons (Fsp3) is 0.357. The summed E-state index contributed by atoms with van der Waals surface area (Å²) in [6.45, 7) is 1.65. The van der Waals surface area contributed by atoms with E-state index in [1.165, 1.54) is 11.1 Å². The molecule has 0 amide bonds. The van der Waals surface area contributed by atoms with Gasteiger partial charge in [0.15, 0.2) is 0 Å². The maximum atomic E-state index is 10.9. The van der Waals surface area contributed by atoms with Crippen LogP contribution in [0, 0.1) is 5.92 Å². The van der Waals surface area contributed by atoms with Crippen molar-refractivity contribution in [1.29, 1.82) is 0 Å². The average Bonchev–Trinajstić information content (AvgIpc) is 2.86. The molecule has 0 bridgehead atoms. The summed E-state index contributed by atoms with van der Waals surface area (Å²) in [7, 11) is 0. The van der Waals surface area contributed by atoms with Crippen molar-refractivity contribution < 1.29 is 9.90 Å². The van der Waals surface area contributed by atoms with Crippen LogP contribution in [0.5, 0.6) is 0 Å². The van der Waals surface area contributed by atoms with E-state index >= 15 is 0 Å². The van der Waals surface area contributed by atoms with E-state index in [1.807, 2.05) is 6.20 Å². The molecule has 0 radical (unpaired) electrons. The number of carbonyl (C=O) groups is 1. The van der Waals surface area contributed by atoms with Gasteiger partial charge in [-0.25, -0.2) is 0 Å². The summed E-state index contributed by atoms with van der Waals surface area (Å²) in [5, 5.41) is 10.2. The lowest BCUT2D eigenvalue weighted by atomic mass is 9.96. The van der Waals surface area contributed by atoms with E-state index in [1.54, 1.807) is 0 Å². The number of H-pyrrole nitrogens is 1. The standard InChI is InChI=1S/C14H16N2O2/c17-14(18)10-4-7-16(8-5-10)12-1-2-13-11(9-12)3-6-15-13/h1-3,6,9-10,15H,4-5,7-8H2,(H,17,18). The Balaban J connectivity index is 1.77. The number of anilines is 1. The molecule has 1 aliphatic rings. The minimum atomic E-state index is -0.657. The fourth-order valence-corrected chi connectivity index (χ4v) is 2.62. The zero-order valence-corrected chi connectivity index (χ0v) is 10.1. The quantitative estimate of drug-likeness (QED) is 0.853. The van der Waals surface area contributed by atoms with Crippen LogP contribution in [0.2, 0.25) is 0 Å². The molecule has 0 saturated carbocycles. The van der Waals surface area contributed by atoms with Crippen LogP contribution in [0.3, 0.4) is 0 Å². The zero-order valence-electron chi connectivity index (χ0n) is 10.1. The first-order chi connectivity index (χ1) is 8.74. The normalized spacial score (nSPS) is 17.2. The summed E-state index contributed by atoms with van der Waals surface area (Å²) in [4.78, 5) is 16.4. The molecule has 18 heavy (non-hydrogen) atoms. The number of aromatic nitrogens is 1. The number of carboxylic acid groups (broad SMARTS) is 1. The van der Waals surface area contributed by atoms with Gasteiger partial charge in [0, 0.05) is 35.9 Å². The van der Waals surface area contributed by atoms with Gasteiger partial charge in [-0.3, -0.25) is 4.79 Å². The van der Waals surface area contributed by atoms with Gasteiger partial charge in [-0.15, -0.1) is 0 Å². The third-order valence-electron chi connectivity index (χ3n) is 3.75. The van der Waals surface area contributed by atoms with Crippen LogP contribution < -0.4 is 4.90 Å². The minimum absolute atomic E-state index is 0.169. The van der Waals surface area contributed by atoms with Crippen LogP contribution in [0.1, 0.15) is 12.8 Å². The second-order valence-corrected chi connectivity index (χ2v) is 4.85. The number of fused-ring (bicyclic) bond motifs is 1. The molecular formula is C14H16N2O2. The van der Waals surface area contributed by atoms with Crippen molar-refractivity contribution in [3.05, 3.63) is 30.5 Å². The van der Waals surface area contributed by atoms with Crippen molar-refractivity contribution >= 4 is 22.6 Å². The van der Waals surface area contributed by atoms with Crippen molar-refractivity contribution in [3.8, 4) is 0 Å². The molecule has 2 N–H and O–H groups in total. The molecule has 0 spiro atoms. The molecule has 3 rings (SSSR count). The molecular weight excluding hydrogens is 228 g/mol. The number of carboxylic acids is 1. The average molecular weight is 244 g/mol. The van der Waals surface area contributed by atoms with Gasteiger partial charge in [-0.2, -0.15) is 0 Å².